The first-order chi connectivity index (χ1) is 19.3. The molecule has 0 bridgehead atoms. The summed E-state index contributed by atoms with van der Waals surface area (Å²) in [6.45, 7) is 2.40. The number of allylic oxidation sites excluding steroid dienone is 1. The molecule has 5 aromatic rings. The Balaban J connectivity index is 1.56. The van der Waals surface area contributed by atoms with Gasteiger partial charge in [0.2, 0.25) is 0 Å². The number of hydrogen-bond acceptors (Lipinski definition) is 0. The highest BCUT2D eigenvalue weighted by molar-refractivity contribution is 6.22. The van der Waals surface area contributed by atoms with Gasteiger partial charge in [0.1, 0.15) is 0 Å². The van der Waals surface area contributed by atoms with Crippen LogP contribution in [0.4, 0.5) is 0 Å². The van der Waals surface area contributed by atoms with E-state index >= 15 is 0 Å². The van der Waals surface area contributed by atoms with E-state index in [0.717, 1.165) is 6.42 Å². The fraction of sp³-hybridized carbons (Fsp3) is 0.282. The summed E-state index contributed by atoms with van der Waals surface area (Å²) in [6.07, 6.45) is 15.9. The molecule has 3 aliphatic rings. The Bertz CT molecular complexity index is 1800. The molecule has 0 amide bonds. The molecule has 0 heterocycles. The zero-order valence-corrected chi connectivity index (χ0v) is 23.0. The molecule has 0 heteroatoms. The van der Waals surface area contributed by atoms with Crippen LogP contribution in [-0.4, -0.2) is 0 Å². The Morgan fingerprint density at radius 2 is 1.13 bits per heavy atom. The second-order valence-corrected chi connectivity index (χ2v) is 12.2. The van der Waals surface area contributed by atoms with E-state index in [9.17, 15) is 0 Å². The Labute approximate surface area is 232 Å². The maximum atomic E-state index is 2.59. The SMILES string of the molecule is CC1CC=Cc2cc3c(-c4cccc5c4CCCC5)c4ccccc4c(-c4cccc5c4CCCC5)c3cc21. The molecule has 8 rings (SSSR count). The van der Waals surface area contributed by atoms with Gasteiger partial charge < -0.3 is 0 Å². The van der Waals surface area contributed by atoms with Crippen molar-refractivity contribution in [1.29, 1.82) is 0 Å². The van der Waals surface area contributed by atoms with E-state index in [1.54, 1.807) is 22.3 Å². The van der Waals surface area contributed by atoms with Crippen molar-refractivity contribution in [1.82, 2.24) is 0 Å². The highest BCUT2D eigenvalue weighted by atomic mass is 14.3. The standard InChI is InChI=1S/C39H36/c1-25-11-8-16-28-23-36-37(24-35(25)28)39(32-22-10-15-27-13-3-5-18-30(27)32)34-20-7-6-19-33(34)38(36)31-21-9-14-26-12-2-4-17-29(26)31/h6-10,14-16,19-25H,2-5,11-13,17-18H2,1H3. The average Bonchev–Trinajstić information content (AvgIpc) is 2.99. The summed E-state index contributed by atoms with van der Waals surface area (Å²) in [5, 5.41) is 5.68. The topological polar surface area (TPSA) is 0 Å². The van der Waals surface area contributed by atoms with Crippen LogP contribution in [0.2, 0.25) is 0 Å². The van der Waals surface area contributed by atoms with E-state index in [0.29, 0.717) is 5.92 Å². The smallest absolute Gasteiger partial charge is 0.00233 e. The van der Waals surface area contributed by atoms with Crippen LogP contribution in [0, 0.1) is 0 Å². The molecule has 0 nitrogen and oxygen atoms in total. The van der Waals surface area contributed by atoms with Gasteiger partial charge in [0.15, 0.2) is 0 Å². The lowest BCUT2D eigenvalue weighted by molar-refractivity contribution is 0.687. The number of fused-ring (bicyclic) bond motifs is 5. The predicted octanol–water partition coefficient (Wildman–Crippen LogP) is 10.6. The van der Waals surface area contributed by atoms with Crippen molar-refractivity contribution in [3.63, 3.8) is 0 Å². The van der Waals surface area contributed by atoms with Gasteiger partial charge in [-0.15, -0.1) is 0 Å². The first-order valence-electron chi connectivity index (χ1n) is 15.2. The summed E-state index contributed by atoms with van der Waals surface area (Å²) >= 11 is 0. The lowest BCUT2D eigenvalue weighted by Gasteiger charge is -2.27. The molecule has 39 heavy (non-hydrogen) atoms. The van der Waals surface area contributed by atoms with Crippen molar-refractivity contribution in [2.45, 2.75) is 70.6 Å². The number of rotatable bonds is 2. The van der Waals surface area contributed by atoms with Crippen LogP contribution in [0.3, 0.4) is 0 Å². The molecule has 3 aliphatic carbocycles. The summed E-state index contributed by atoms with van der Waals surface area (Å²) in [4.78, 5) is 0. The highest BCUT2D eigenvalue weighted by Crippen LogP contribution is 2.49. The minimum absolute atomic E-state index is 0.548. The van der Waals surface area contributed by atoms with Crippen molar-refractivity contribution in [2.24, 2.45) is 0 Å². The lowest BCUT2D eigenvalue weighted by Crippen LogP contribution is -2.07. The van der Waals surface area contributed by atoms with Crippen LogP contribution in [0.25, 0.3) is 49.9 Å². The van der Waals surface area contributed by atoms with Crippen molar-refractivity contribution < 1.29 is 0 Å². The van der Waals surface area contributed by atoms with E-state index in [-0.39, 0.29) is 0 Å². The van der Waals surface area contributed by atoms with Gasteiger partial charge in [0.05, 0.1) is 0 Å². The van der Waals surface area contributed by atoms with E-state index in [1.807, 2.05) is 0 Å². The molecule has 0 saturated carbocycles. The molecule has 0 aliphatic heterocycles. The van der Waals surface area contributed by atoms with Crippen LogP contribution >= 0.6 is 0 Å². The van der Waals surface area contributed by atoms with Gasteiger partial charge in [-0.05, 0) is 153 Å². The molecule has 1 unspecified atom stereocenters. The number of aryl methyl sites for hydroxylation is 2. The van der Waals surface area contributed by atoms with Crippen LogP contribution in [0.5, 0.6) is 0 Å². The fourth-order valence-corrected chi connectivity index (χ4v) is 7.96. The third-order valence-electron chi connectivity index (χ3n) is 9.88. The second-order valence-electron chi connectivity index (χ2n) is 12.2. The third kappa shape index (κ3) is 3.64. The summed E-state index contributed by atoms with van der Waals surface area (Å²) in [6, 6.07) is 28.6. The maximum absolute atomic E-state index is 2.59. The van der Waals surface area contributed by atoms with Crippen LogP contribution in [0.1, 0.15) is 78.3 Å². The van der Waals surface area contributed by atoms with Crippen molar-refractivity contribution in [2.75, 3.05) is 0 Å². The Morgan fingerprint density at radius 1 is 0.564 bits per heavy atom. The minimum atomic E-state index is 0.548. The molecule has 192 valence electrons. The van der Waals surface area contributed by atoms with E-state index in [2.05, 4.69) is 91.9 Å². The zero-order chi connectivity index (χ0) is 25.9. The first-order valence-corrected chi connectivity index (χ1v) is 15.2. The van der Waals surface area contributed by atoms with Gasteiger partial charge >= 0.3 is 0 Å². The first kappa shape index (κ1) is 23.3. The van der Waals surface area contributed by atoms with Gasteiger partial charge in [0.25, 0.3) is 0 Å². The second kappa shape index (κ2) is 9.23. The highest BCUT2D eigenvalue weighted by Gasteiger charge is 2.25. The van der Waals surface area contributed by atoms with Gasteiger partial charge in [0, 0.05) is 0 Å². The molecule has 0 N–H and O–H groups in total. The van der Waals surface area contributed by atoms with Gasteiger partial charge in [-0.25, -0.2) is 0 Å². The lowest BCUT2D eigenvalue weighted by atomic mass is 9.77. The van der Waals surface area contributed by atoms with E-state index in [1.165, 1.54) is 106 Å². The summed E-state index contributed by atoms with van der Waals surface area (Å²) < 4.78 is 0. The molecule has 0 fully saturated rings. The van der Waals surface area contributed by atoms with Crippen LogP contribution in [0.15, 0.2) is 78.9 Å². The Morgan fingerprint density at radius 3 is 1.74 bits per heavy atom. The van der Waals surface area contributed by atoms with Crippen molar-refractivity contribution in [3.8, 4) is 22.3 Å². The molecule has 5 aromatic carbocycles. The van der Waals surface area contributed by atoms with Gasteiger partial charge in [-0.2, -0.15) is 0 Å². The van der Waals surface area contributed by atoms with E-state index in [4.69, 9.17) is 0 Å². The zero-order valence-electron chi connectivity index (χ0n) is 23.0. The molecular weight excluding hydrogens is 468 g/mol. The average molecular weight is 505 g/mol. The molecule has 0 saturated heterocycles. The maximum Gasteiger partial charge on any atom is -0.00233 e. The molecular formula is C39H36. The summed E-state index contributed by atoms with van der Waals surface area (Å²) in [5.41, 5.74) is 15.0. The predicted molar refractivity (Wildman–Crippen MR) is 168 cm³/mol. The normalized spacial score (nSPS) is 18.1. The molecule has 1 atom stereocenters. The minimum Gasteiger partial charge on any atom is -0.0833 e. The Kier molecular flexibility index (Phi) is 5.51. The third-order valence-corrected chi connectivity index (χ3v) is 9.88. The molecule has 0 spiro atoms. The summed E-state index contributed by atoms with van der Waals surface area (Å²) in [5.74, 6) is 0.548. The van der Waals surface area contributed by atoms with Crippen LogP contribution in [-0.2, 0) is 25.7 Å². The Hall–Kier alpha value is -3.64. The van der Waals surface area contributed by atoms with Gasteiger partial charge in [-0.1, -0.05) is 79.7 Å². The number of hydrogen-bond donors (Lipinski definition) is 0. The monoisotopic (exact) mass is 504 g/mol. The largest absolute Gasteiger partial charge is 0.0833 e. The van der Waals surface area contributed by atoms with Crippen molar-refractivity contribution >= 4 is 27.6 Å². The molecule has 0 radical (unpaired) electrons. The van der Waals surface area contributed by atoms with Crippen molar-refractivity contribution in [3.05, 3.63) is 112 Å². The fourth-order valence-electron chi connectivity index (χ4n) is 7.96. The van der Waals surface area contributed by atoms with E-state index < -0.39 is 0 Å². The van der Waals surface area contributed by atoms with Crippen LogP contribution < -0.4 is 0 Å². The summed E-state index contributed by atoms with van der Waals surface area (Å²) in [7, 11) is 0. The number of benzene rings is 5. The quantitative estimate of drug-likeness (QED) is 0.210. The van der Waals surface area contributed by atoms with Gasteiger partial charge in [-0.3, -0.25) is 0 Å². The molecule has 0 aromatic heterocycles.